The summed E-state index contributed by atoms with van der Waals surface area (Å²) in [6.07, 6.45) is 0.828. The van der Waals surface area contributed by atoms with Gasteiger partial charge in [0, 0.05) is 17.0 Å². The van der Waals surface area contributed by atoms with Crippen LogP contribution in [0.25, 0.3) is 22.6 Å². The quantitative estimate of drug-likeness (QED) is 0.795. The fraction of sp³-hybridized carbons (Fsp3) is 0.353. The lowest BCUT2D eigenvalue weighted by molar-refractivity contribution is 0.0895. The van der Waals surface area contributed by atoms with Gasteiger partial charge in [-0.3, -0.25) is 4.79 Å². The zero-order chi connectivity index (χ0) is 16.6. The summed E-state index contributed by atoms with van der Waals surface area (Å²) in [5.41, 5.74) is 2.77. The van der Waals surface area contributed by atoms with E-state index in [0.29, 0.717) is 5.76 Å². The molecule has 0 aliphatic carbocycles. The molecule has 1 amide bonds. The van der Waals surface area contributed by atoms with Gasteiger partial charge in [0.05, 0.1) is 0 Å². The number of aromatic nitrogens is 2. The molecule has 23 heavy (non-hydrogen) atoms. The Balaban J connectivity index is 1.96. The highest BCUT2D eigenvalue weighted by Gasteiger charge is 2.22. The highest BCUT2D eigenvalue weighted by Crippen LogP contribution is 2.32. The lowest BCUT2D eigenvalue weighted by Gasteiger charge is -2.07. The Bertz CT molecular complexity index is 863. The third-order valence-corrected chi connectivity index (χ3v) is 3.97. The minimum atomic E-state index is -0.372. The standard InChI is InChI=1S/C17H19N3O3/c1-5-10(3)18-16(21)17-19-15(20-23-17)14-11(4)12-8-6-7-9(2)13(12)22-14/h6-8,10H,5H2,1-4H3,(H,18,21). The molecule has 3 rings (SSSR count). The van der Waals surface area contributed by atoms with Gasteiger partial charge in [-0.1, -0.05) is 30.3 Å². The van der Waals surface area contributed by atoms with Gasteiger partial charge in [-0.05, 0) is 32.8 Å². The molecule has 0 aliphatic heterocycles. The number of nitrogens with zero attached hydrogens (tertiary/aromatic N) is 2. The monoisotopic (exact) mass is 313 g/mol. The van der Waals surface area contributed by atoms with Crippen molar-refractivity contribution in [3.05, 3.63) is 35.2 Å². The first-order chi connectivity index (χ1) is 11.0. The van der Waals surface area contributed by atoms with Crippen LogP contribution in [0.2, 0.25) is 0 Å². The summed E-state index contributed by atoms with van der Waals surface area (Å²) in [4.78, 5) is 16.2. The second kappa shape index (κ2) is 5.87. The molecule has 2 heterocycles. The van der Waals surface area contributed by atoms with Crippen LogP contribution in [-0.2, 0) is 0 Å². The van der Waals surface area contributed by atoms with Crippen LogP contribution >= 0.6 is 0 Å². The van der Waals surface area contributed by atoms with Crippen molar-refractivity contribution in [1.29, 1.82) is 0 Å². The van der Waals surface area contributed by atoms with E-state index in [9.17, 15) is 4.79 Å². The summed E-state index contributed by atoms with van der Waals surface area (Å²) < 4.78 is 11.0. The van der Waals surface area contributed by atoms with Gasteiger partial charge in [-0.2, -0.15) is 4.98 Å². The Hall–Kier alpha value is -2.63. The van der Waals surface area contributed by atoms with Gasteiger partial charge in [0.25, 0.3) is 0 Å². The van der Waals surface area contributed by atoms with Crippen LogP contribution in [0.5, 0.6) is 0 Å². The summed E-state index contributed by atoms with van der Waals surface area (Å²) in [6, 6.07) is 6.00. The Morgan fingerprint density at radius 3 is 2.83 bits per heavy atom. The largest absolute Gasteiger partial charge is 0.452 e. The first-order valence-electron chi connectivity index (χ1n) is 7.65. The van der Waals surface area contributed by atoms with E-state index in [-0.39, 0.29) is 23.7 Å². The summed E-state index contributed by atoms with van der Waals surface area (Å²) in [6.45, 7) is 7.83. The molecular formula is C17H19N3O3. The summed E-state index contributed by atoms with van der Waals surface area (Å²) in [5, 5.41) is 7.69. The lowest BCUT2D eigenvalue weighted by atomic mass is 10.1. The van der Waals surface area contributed by atoms with E-state index in [1.165, 1.54) is 0 Å². The molecule has 6 heteroatoms. The number of rotatable bonds is 4. The molecule has 120 valence electrons. The normalized spacial score (nSPS) is 12.5. The maximum atomic E-state index is 12.0. The Kier molecular flexibility index (Phi) is 3.90. The lowest BCUT2D eigenvalue weighted by Crippen LogP contribution is -2.32. The van der Waals surface area contributed by atoms with Crippen molar-refractivity contribution in [3.63, 3.8) is 0 Å². The van der Waals surface area contributed by atoms with Crippen molar-refractivity contribution < 1.29 is 13.7 Å². The molecule has 6 nitrogen and oxygen atoms in total. The molecule has 2 aromatic heterocycles. The molecule has 0 aliphatic rings. The van der Waals surface area contributed by atoms with Crippen molar-refractivity contribution in [1.82, 2.24) is 15.5 Å². The Labute approximate surface area is 133 Å². The average molecular weight is 313 g/mol. The first-order valence-corrected chi connectivity index (χ1v) is 7.65. The number of nitrogens with one attached hydrogen (secondary N) is 1. The number of furan rings is 1. The first kappa shape index (κ1) is 15.3. The van der Waals surface area contributed by atoms with E-state index in [1.54, 1.807) is 0 Å². The number of aryl methyl sites for hydroxylation is 2. The van der Waals surface area contributed by atoms with E-state index in [2.05, 4.69) is 15.5 Å². The topological polar surface area (TPSA) is 81.2 Å². The van der Waals surface area contributed by atoms with Crippen LogP contribution in [0, 0.1) is 13.8 Å². The van der Waals surface area contributed by atoms with Gasteiger partial charge >= 0.3 is 11.8 Å². The van der Waals surface area contributed by atoms with E-state index in [0.717, 1.165) is 28.5 Å². The number of benzene rings is 1. The molecule has 0 bridgehead atoms. The van der Waals surface area contributed by atoms with Gasteiger partial charge in [-0.15, -0.1) is 0 Å². The predicted octanol–water partition coefficient (Wildman–Crippen LogP) is 3.63. The number of hydrogen-bond acceptors (Lipinski definition) is 5. The van der Waals surface area contributed by atoms with Crippen molar-refractivity contribution >= 4 is 16.9 Å². The van der Waals surface area contributed by atoms with E-state index in [4.69, 9.17) is 8.94 Å². The van der Waals surface area contributed by atoms with Gasteiger partial charge in [0.2, 0.25) is 5.82 Å². The van der Waals surface area contributed by atoms with Gasteiger partial charge in [-0.25, -0.2) is 0 Å². The highest BCUT2D eigenvalue weighted by molar-refractivity contribution is 5.91. The van der Waals surface area contributed by atoms with E-state index in [1.807, 2.05) is 45.9 Å². The van der Waals surface area contributed by atoms with Crippen molar-refractivity contribution in [3.8, 4) is 11.6 Å². The Morgan fingerprint density at radius 1 is 1.35 bits per heavy atom. The number of amides is 1. The third kappa shape index (κ3) is 2.72. The predicted molar refractivity (Wildman–Crippen MR) is 86.2 cm³/mol. The van der Waals surface area contributed by atoms with Crippen LogP contribution in [0.4, 0.5) is 0 Å². The minimum absolute atomic E-state index is 0.0495. The molecule has 0 saturated carbocycles. The van der Waals surface area contributed by atoms with Gasteiger partial charge in [0.1, 0.15) is 5.58 Å². The molecule has 0 spiro atoms. The van der Waals surface area contributed by atoms with Crippen LogP contribution in [0.15, 0.2) is 27.1 Å². The molecule has 1 unspecified atom stereocenters. The number of fused-ring (bicyclic) bond motifs is 1. The zero-order valence-corrected chi connectivity index (χ0v) is 13.6. The number of carbonyl (C=O) groups excluding carboxylic acids is 1. The fourth-order valence-corrected chi connectivity index (χ4v) is 2.39. The molecule has 1 atom stereocenters. The summed E-state index contributed by atoms with van der Waals surface area (Å²) in [5.74, 6) is 0.382. The van der Waals surface area contributed by atoms with E-state index >= 15 is 0 Å². The highest BCUT2D eigenvalue weighted by atomic mass is 16.5. The summed E-state index contributed by atoms with van der Waals surface area (Å²) in [7, 11) is 0. The number of carbonyl (C=O) groups is 1. The molecule has 0 saturated heterocycles. The van der Waals surface area contributed by atoms with Crippen LogP contribution in [0.3, 0.4) is 0 Å². The summed E-state index contributed by atoms with van der Waals surface area (Å²) >= 11 is 0. The van der Waals surface area contributed by atoms with Crippen molar-refractivity contribution in [2.45, 2.75) is 40.2 Å². The van der Waals surface area contributed by atoms with Crippen LogP contribution in [0.1, 0.15) is 42.1 Å². The number of para-hydroxylation sites is 1. The van der Waals surface area contributed by atoms with Crippen LogP contribution < -0.4 is 5.32 Å². The number of hydrogen-bond donors (Lipinski definition) is 1. The maximum absolute atomic E-state index is 12.0. The SMILES string of the molecule is CCC(C)NC(=O)c1nc(-c2oc3c(C)cccc3c2C)no1. The zero-order valence-electron chi connectivity index (χ0n) is 13.6. The average Bonchev–Trinajstić information content (AvgIpc) is 3.13. The molecule has 1 aromatic carbocycles. The second-order valence-corrected chi connectivity index (χ2v) is 5.71. The fourth-order valence-electron chi connectivity index (χ4n) is 2.39. The van der Waals surface area contributed by atoms with Crippen LogP contribution in [-0.4, -0.2) is 22.1 Å². The van der Waals surface area contributed by atoms with Gasteiger partial charge in [0.15, 0.2) is 5.76 Å². The van der Waals surface area contributed by atoms with Gasteiger partial charge < -0.3 is 14.3 Å². The maximum Gasteiger partial charge on any atom is 0.316 e. The van der Waals surface area contributed by atoms with Crippen molar-refractivity contribution in [2.24, 2.45) is 0 Å². The molecular weight excluding hydrogens is 294 g/mol. The van der Waals surface area contributed by atoms with Crippen molar-refractivity contribution in [2.75, 3.05) is 0 Å². The smallest absolute Gasteiger partial charge is 0.316 e. The Morgan fingerprint density at radius 2 is 2.13 bits per heavy atom. The molecule has 1 N–H and O–H groups in total. The second-order valence-electron chi connectivity index (χ2n) is 5.71. The molecule has 3 aromatic rings. The third-order valence-electron chi connectivity index (χ3n) is 3.97. The molecule has 0 fully saturated rings. The van der Waals surface area contributed by atoms with E-state index < -0.39 is 0 Å². The molecule has 0 radical (unpaired) electrons. The minimum Gasteiger partial charge on any atom is -0.452 e.